The van der Waals surface area contributed by atoms with Gasteiger partial charge in [-0.25, -0.2) is 9.37 Å². The van der Waals surface area contributed by atoms with Gasteiger partial charge in [0.05, 0.1) is 0 Å². The molecule has 0 aliphatic carbocycles. The van der Waals surface area contributed by atoms with Crippen LogP contribution in [0.15, 0.2) is 66.9 Å². The summed E-state index contributed by atoms with van der Waals surface area (Å²) in [5.41, 5.74) is 2.14. The monoisotopic (exact) mass is 363 g/mol. The van der Waals surface area contributed by atoms with E-state index in [2.05, 4.69) is 49.4 Å². The molecule has 0 spiro atoms. The van der Waals surface area contributed by atoms with Crippen molar-refractivity contribution in [2.45, 2.75) is 6.54 Å². The van der Waals surface area contributed by atoms with E-state index in [1.54, 1.807) is 18.3 Å². The van der Waals surface area contributed by atoms with Gasteiger partial charge in [0.25, 0.3) is 0 Å². The smallest absolute Gasteiger partial charge is 0.227 e. The molecule has 0 amide bonds. The third kappa shape index (κ3) is 4.60. The summed E-state index contributed by atoms with van der Waals surface area (Å²) in [6, 6.07) is 18.6. The predicted molar refractivity (Wildman–Crippen MR) is 106 cm³/mol. The van der Waals surface area contributed by atoms with Gasteiger partial charge in [-0.3, -0.25) is 4.90 Å². The van der Waals surface area contributed by atoms with Crippen molar-refractivity contribution in [2.75, 3.05) is 36.4 Å². The lowest BCUT2D eigenvalue weighted by Gasteiger charge is -2.34. The van der Waals surface area contributed by atoms with Crippen molar-refractivity contribution in [3.63, 3.8) is 0 Å². The molecular weight excluding hydrogens is 341 g/mol. The summed E-state index contributed by atoms with van der Waals surface area (Å²) in [5.74, 6) is 1.18. The van der Waals surface area contributed by atoms with Crippen LogP contribution in [0.25, 0.3) is 0 Å². The maximum Gasteiger partial charge on any atom is 0.227 e. The van der Waals surface area contributed by atoms with Crippen LogP contribution in [0.4, 0.5) is 21.8 Å². The first kappa shape index (κ1) is 17.4. The molecule has 138 valence electrons. The second-order valence-electron chi connectivity index (χ2n) is 6.62. The molecule has 2 aromatic carbocycles. The average Bonchev–Trinajstić information content (AvgIpc) is 2.71. The Kier molecular flexibility index (Phi) is 5.25. The van der Waals surface area contributed by atoms with E-state index < -0.39 is 0 Å². The molecular formula is C21H22FN5. The van der Waals surface area contributed by atoms with Crippen LogP contribution in [0.2, 0.25) is 0 Å². The van der Waals surface area contributed by atoms with Crippen LogP contribution in [0.1, 0.15) is 5.56 Å². The van der Waals surface area contributed by atoms with E-state index in [0.717, 1.165) is 44.4 Å². The molecule has 27 heavy (non-hydrogen) atoms. The Morgan fingerprint density at radius 2 is 1.63 bits per heavy atom. The molecule has 0 atom stereocenters. The molecule has 0 unspecified atom stereocenters. The van der Waals surface area contributed by atoms with Gasteiger partial charge in [0.1, 0.15) is 11.6 Å². The molecule has 5 nitrogen and oxygen atoms in total. The first-order valence-electron chi connectivity index (χ1n) is 9.13. The number of hydrogen-bond acceptors (Lipinski definition) is 5. The Morgan fingerprint density at radius 1 is 0.889 bits per heavy atom. The van der Waals surface area contributed by atoms with Crippen LogP contribution in [0.5, 0.6) is 0 Å². The maximum absolute atomic E-state index is 13.0. The second kappa shape index (κ2) is 8.14. The fourth-order valence-electron chi connectivity index (χ4n) is 3.20. The molecule has 3 aromatic rings. The number of hydrogen-bond donors (Lipinski definition) is 1. The summed E-state index contributed by atoms with van der Waals surface area (Å²) in [6.45, 7) is 4.73. The van der Waals surface area contributed by atoms with Gasteiger partial charge < -0.3 is 10.2 Å². The number of aromatic nitrogens is 2. The van der Waals surface area contributed by atoms with Gasteiger partial charge in [-0.15, -0.1) is 0 Å². The zero-order valence-corrected chi connectivity index (χ0v) is 15.1. The van der Waals surface area contributed by atoms with Crippen molar-refractivity contribution in [3.8, 4) is 0 Å². The van der Waals surface area contributed by atoms with Crippen molar-refractivity contribution >= 4 is 17.5 Å². The third-order valence-electron chi connectivity index (χ3n) is 4.66. The lowest BCUT2D eigenvalue weighted by atomic mass is 10.2. The Bertz CT molecular complexity index is 861. The first-order chi connectivity index (χ1) is 13.3. The molecule has 0 radical (unpaired) electrons. The lowest BCUT2D eigenvalue weighted by molar-refractivity contribution is 0.248. The quantitative estimate of drug-likeness (QED) is 0.749. The number of rotatable bonds is 5. The SMILES string of the molecule is Fc1ccc(Nc2ccnc(N3CCN(Cc4ccccc4)CC3)n2)cc1. The van der Waals surface area contributed by atoms with Crippen LogP contribution in [0, 0.1) is 5.82 Å². The molecule has 6 heteroatoms. The van der Waals surface area contributed by atoms with Gasteiger partial charge in [-0.2, -0.15) is 4.98 Å². The summed E-state index contributed by atoms with van der Waals surface area (Å²) < 4.78 is 13.0. The number of nitrogens with zero attached hydrogens (tertiary/aromatic N) is 4. The van der Waals surface area contributed by atoms with E-state index in [1.165, 1.54) is 17.7 Å². The second-order valence-corrected chi connectivity index (χ2v) is 6.62. The van der Waals surface area contributed by atoms with Crippen molar-refractivity contribution in [1.29, 1.82) is 0 Å². The Hall–Kier alpha value is -2.99. The van der Waals surface area contributed by atoms with E-state index in [-0.39, 0.29) is 5.82 Å². The van der Waals surface area contributed by atoms with Crippen molar-refractivity contribution in [3.05, 3.63) is 78.2 Å². The van der Waals surface area contributed by atoms with Crippen molar-refractivity contribution < 1.29 is 4.39 Å². The van der Waals surface area contributed by atoms with Crippen LogP contribution in [-0.4, -0.2) is 41.0 Å². The minimum atomic E-state index is -0.252. The van der Waals surface area contributed by atoms with Gasteiger partial charge in [-0.05, 0) is 35.9 Å². The zero-order chi connectivity index (χ0) is 18.5. The zero-order valence-electron chi connectivity index (χ0n) is 15.1. The molecule has 4 rings (SSSR count). The molecule has 0 saturated carbocycles. The number of benzene rings is 2. The molecule has 1 saturated heterocycles. The van der Waals surface area contributed by atoms with Gasteiger partial charge in [-0.1, -0.05) is 30.3 Å². The largest absolute Gasteiger partial charge is 0.340 e. The summed E-state index contributed by atoms with van der Waals surface area (Å²) in [5, 5.41) is 3.20. The fourth-order valence-corrected chi connectivity index (χ4v) is 3.20. The van der Waals surface area contributed by atoms with Crippen molar-refractivity contribution in [1.82, 2.24) is 14.9 Å². The Morgan fingerprint density at radius 3 is 2.37 bits per heavy atom. The molecule has 0 bridgehead atoms. The standard InChI is InChI=1S/C21H22FN5/c22-18-6-8-19(9-7-18)24-20-10-11-23-21(25-20)27-14-12-26(13-15-27)16-17-4-2-1-3-5-17/h1-11H,12-16H2,(H,23,24,25). The Labute approximate surface area is 158 Å². The predicted octanol–water partition coefficient (Wildman–Crippen LogP) is 3.68. The highest BCUT2D eigenvalue weighted by Gasteiger charge is 2.19. The minimum absolute atomic E-state index is 0.252. The molecule has 1 fully saturated rings. The number of piperazine rings is 1. The molecule has 2 heterocycles. The molecule has 1 N–H and O–H groups in total. The number of anilines is 3. The summed E-state index contributed by atoms with van der Waals surface area (Å²) in [4.78, 5) is 13.7. The third-order valence-corrected chi connectivity index (χ3v) is 4.66. The van der Waals surface area contributed by atoms with Crippen LogP contribution < -0.4 is 10.2 Å². The van der Waals surface area contributed by atoms with Crippen LogP contribution >= 0.6 is 0 Å². The highest BCUT2D eigenvalue weighted by atomic mass is 19.1. The fraction of sp³-hybridized carbons (Fsp3) is 0.238. The normalized spacial score (nSPS) is 14.9. The maximum atomic E-state index is 13.0. The topological polar surface area (TPSA) is 44.3 Å². The number of nitrogens with one attached hydrogen (secondary N) is 1. The molecule has 1 aliphatic heterocycles. The highest BCUT2D eigenvalue weighted by molar-refractivity contribution is 5.56. The lowest BCUT2D eigenvalue weighted by Crippen LogP contribution is -2.46. The highest BCUT2D eigenvalue weighted by Crippen LogP contribution is 2.18. The average molecular weight is 363 g/mol. The van der Waals surface area contributed by atoms with Crippen LogP contribution in [0.3, 0.4) is 0 Å². The van der Waals surface area contributed by atoms with E-state index in [4.69, 9.17) is 0 Å². The summed E-state index contributed by atoms with van der Waals surface area (Å²) in [7, 11) is 0. The van der Waals surface area contributed by atoms with E-state index in [9.17, 15) is 4.39 Å². The summed E-state index contributed by atoms with van der Waals surface area (Å²) in [6.07, 6.45) is 1.75. The molecule has 1 aliphatic rings. The Balaban J connectivity index is 1.36. The molecule has 1 aromatic heterocycles. The van der Waals surface area contributed by atoms with Gasteiger partial charge in [0, 0.05) is 44.6 Å². The van der Waals surface area contributed by atoms with E-state index in [0.29, 0.717) is 5.82 Å². The minimum Gasteiger partial charge on any atom is -0.340 e. The van der Waals surface area contributed by atoms with Gasteiger partial charge in [0.15, 0.2) is 0 Å². The van der Waals surface area contributed by atoms with E-state index in [1.807, 2.05) is 12.1 Å². The summed E-state index contributed by atoms with van der Waals surface area (Å²) >= 11 is 0. The first-order valence-corrected chi connectivity index (χ1v) is 9.13. The van der Waals surface area contributed by atoms with Crippen LogP contribution in [-0.2, 0) is 6.54 Å². The van der Waals surface area contributed by atoms with E-state index >= 15 is 0 Å². The van der Waals surface area contributed by atoms with Gasteiger partial charge >= 0.3 is 0 Å². The van der Waals surface area contributed by atoms with Gasteiger partial charge in [0.2, 0.25) is 5.95 Å². The number of halogens is 1. The van der Waals surface area contributed by atoms with Crippen molar-refractivity contribution in [2.24, 2.45) is 0 Å².